The summed E-state index contributed by atoms with van der Waals surface area (Å²) in [7, 11) is -3.13. The van der Waals surface area contributed by atoms with Gasteiger partial charge in [0.25, 0.3) is 5.69 Å². The van der Waals surface area contributed by atoms with Crippen LogP contribution in [0.25, 0.3) is 0 Å². The number of hydrogen-bond donors (Lipinski definition) is 2. The Kier molecular flexibility index (Phi) is 6.42. The maximum atomic E-state index is 12.1. The van der Waals surface area contributed by atoms with Gasteiger partial charge in [0, 0.05) is 11.6 Å². The molecule has 0 saturated heterocycles. The highest BCUT2D eigenvalue weighted by Gasteiger charge is 2.19. The van der Waals surface area contributed by atoms with Crippen LogP contribution in [0.3, 0.4) is 0 Å². The van der Waals surface area contributed by atoms with Crippen molar-refractivity contribution in [3.8, 4) is 0 Å². The van der Waals surface area contributed by atoms with Gasteiger partial charge in [-0.3, -0.25) is 19.5 Å². The predicted molar refractivity (Wildman–Crippen MR) is 76.4 cm³/mol. The van der Waals surface area contributed by atoms with Crippen molar-refractivity contribution in [2.45, 2.75) is 0 Å². The molecular weight excluding hydrogens is 297 g/mol. The van der Waals surface area contributed by atoms with Crippen LogP contribution >= 0.6 is 8.25 Å². The fourth-order valence-corrected chi connectivity index (χ4v) is 1.57. The third-order valence-electron chi connectivity index (χ3n) is 2.38. The molecule has 110 valence electrons. The van der Waals surface area contributed by atoms with Gasteiger partial charge in [-0.15, -0.1) is 0 Å². The molecule has 0 aromatic heterocycles. The summed E-state index contributed by atoms with van der Waals surface area (Å²) in [4.78, 5) is 36.6. The van der Waals surface area contributed by atoms with E-state index in [9.17, 15) is 14.9 Å². The van der Waals surface area contributed by atoms with Crippen LogP contribution in [0.5, 0.6) is 0 Å². The zero-order chi connectivity index (χ0) is 15.8. The second kappa shape index (κ2) is 8.06. The quantitative estimate of drug-likeness (QED) is 0.388. The Morgan fingerprint density at radius 2 is 1.48 bits per heavy atom. The first-order chi connectivity index (χ1) is 9.93. The topological polar surface area (TPSA) is 118 Å². The molecule has 0 bridgehead atoms. The average Bonchev–Trinajstić information content (AvgIpc) is 2.47. The Balaban J connectivity index is 0.000000491. The third-order valence-corrected chi connectivity index (χ3v) is 2.38. The van der Waals surface area contributed by atoms with E-state index >= 15 is 0 Å². The van der Waals surface area contributed by atoms with Crippen LogP contribution in [-0.2, 0) is 4.57 Å². The number of rotatable bonds is 3. The molecule has 0 amide bonds. The van der Waals surface area contributed by atoms with Gasteiger partial charge in [-0.25, -0.2) is 0 Å². The van der Waals surface area contributed by atoms with Crippen molar-refractivity contribution in [2.24, 2.45) is 0 Å². The SMILES string of the molecule is O=C(c1ccccc1)c1ccccc1[N+](=O)[O-].O=[PH](O)O. The standard InChI is InChI=1S/C13H9NO3.H3O3P/c15-13(10-6-2-1-3-7-10)11-8-4-5-9-12(11)14(16)17;1-4(2)3/h1-9H;4H,(H2,1,2,3). The summed E-state index contributed by atoms with van der Waals surface area (Å²) in [6.07, 6.45) is 0. The largest absolute Gasteiger partial charge is 0.326 e. The van der Waals surface area contributed by atoms with Crippen LogP contribution in [0.4, 0.5) is 5.69 Å². The van der Waals surface area contributed by atoms with Gasteiger partial charge in [-0.1, -0.05) is 42.5 Å². The van der Waals surface area contributed by atoms with Gasteiger partial charge in [-0.05, 0) is 6.07 Å². The lowest BCUT2D eigenvalue weighted by atomic mass is 10.0. The highest BCUT2D eigenvalue weighted by atomic mass is 31.1. The van der Waals surface area contributed by atoms with E-state index in [0.717, 1.165) is 0 Å². The number of carbonyl (C=O) groups is 1. The van der Waals surface area contributed by atoms with Crippen LogP contribution in [0.1, 0.15) is 15.9 Å². The summed E-state index contributed by atoms with van der Waals surface area (Å²) < 4.78 is 8.74. The van der Waals surface area contributed by atoms with Gasteiger partial charge in [0.1, 0.15) is 5.56 Å². The normalized spacial score (nSPS) is 9.67. The smallest absolute Gasteiger partial charge is 0.314 e. The molecule has 2 aromatic rings. The maximum absolute atomic E-state index is 12.1. The van der Waals surface area contributed by atoms with Gasteiger partial charge in [0.15, 0.2) is 5.78 Å². The maximum Gasteiger partial charge on any atom is 0.314 e. The lowest BCUT2D eigenvalue weighted by molar-refractivity contribution is -0.385. The van der Waals surface area contributed by atoms with Crippen molar-refractivity contribution in [1.82, 2.24) is 0 Å². The molecule has 0 radical (unpaired) electrons. The van der Waals surface area contributed by atoms with Crippen molar-refractivity contribution in [1.29, 1.82) is 0 Å². The molecule has 0 saturated carbocycles. The van der Waals surface area contributed by atoms with E-state index in [0.29, 0.717) is 5.56 Å². The van der Waals surface area contributed by atoms with Crippen molar-refractivity contribution in [2.75, 3.05) is 0 Å². The summed E-state index contributed by atoms with van der Waals surface area (Å²) in [6, 6.07) is 14.5. The van der Waals surface area contributed by atoms with Crippen molar-refractivity contribution in [3.05, 3.63) is 75.8 Å². The second-order valence-electron chi connectivity index (χ2n) is 3.75. The summed E-state index contributed by atoms with van der Waals surface area (Å²) >= 11 is 0. The first-order valence-electron chi connectivity index (χ1n) is 5.68. The zero-order valence-electron chi connectivity index (χ0n) is 10.7. The predicted octanol–water partition coefficient (Wildman–Crippen LogP) is 2.19. The lowest BCUT2D eigenvalue weighted by Gasteiger charge is -2.01. The molecule has 21 heavy (non-hydrogen) atoms. The molecule has 7 nitrogen and oxygen atoms in total. The fraction of sp³-hybridized carbons (Fsp3) is 0. The van der Waals surface area contributed by atoms with Crippen molar-refractivity contribution in [3.63, 3.8) is 0 Å². The minimum absolute atomic E-state index is 0.115. The van der Waals surface area contributed by atoms with Crippen molar-refractivity contribution >= 4 is 19.7 Å². The Morgan fingerprint density at radius 3 is 2.00 bits per heavy atom. The van der Waals surface area contributed by atoms with Crippen LogP contribution < -0.4 is 0 Å². The number of benzene rings is 2. The third kappa shape index (κ3) is 5.27. The minimum atomic E-state index is -3.13. The van der Waals surface area contributed by atoms with Gasteiger partial charge in [0.05, 0.1) is 4.92 Å². The molecule has 0 unspecified atom stereocenters. The number of nitro benzene ring substituents is 1. The van der Waals surface area contributed by atoms with Gasteiger partial charge in [0.2, 0.25) is 0 Å². The van der Waals surface area contributed by atoms with Gasteiger partial charge >= 0.3 is 8.25 Å². The number of nitrogens with zero attached hydrogens (tertiary/aromatic N) is 1. The van der Waals surface area contributed by atoms with E-state index in [1.807, 2.05) is 0 Å². The second-order valence-corrected chi connectivity index (χ2v) is 4.32. The Labute approximate surface area is 120 Å². The van der Waals surface area contributed by atoms with Crippen LogP contribution in [-0.4, -0.2) is 20.5 Å². The molecule has 0 aliphatic heterocycles. The van der Waals surface area contributed by atoms with E-state index in [1.54, 1.807) is 42.5 Å². The van der Waals surface area contributed by atoms with E-state index in [-0.39, 0.29) is 17.0 Å². The van der Waals surface area contributed by atoms with Gasteiger partial charge < -0.3 is 9.79 Å². The summed E-state index contributed by atoms with van der Waals surface area (Å²) in [5.41, 5.74) is 0.395. The van der Waals surface area contributed by atoms with Gasteiger partial charge in [-0.2, -0.15) is 0 Å². The monoisotopic (exact) mass is 309 g/mol. The molecule has 0 aliphatic rings. The van der Waals surface area contributed by atoms with Crippen LogP contribution in [0.2, 0.25) is 0 Å². The number of para-hydroxylation sites is 1. The lowest BCUT2D eigenvalue weighted by Crippen LogP contribution is -2.04. The Bertz CT molecular complexity index is 655. The zero-order valence-corrected chi connectivity index (χ0v) is 11.7. The molecule has 0 fully saturated rings. The number of ketones is 1. The number of carbonyl (C=O) groups excluding carboxylic acids is 1. The minimum Gasteiger partial charge on any atom is -0.326 e. The molecule has 0 heterocycles. The van der Waals surface area contributed by atoms with E-state index in [1.165, 1.54) is 12.1 Å². The molecule has 2 N–H and O–H groups in total. The summed E-state index contributed by atoms with van der Waals surface area (Å²) in [5, 5.41) is 10.8. The van der Waals surface area contributed by atoms with E-state index in [2.05, 4.69) is 0 Å². The van der Waals surface area contributed by atoms with E-state index < -0.39 is 13.2 Å². The van der Waals surface area contributed by atoms with Crippen molar-refractivity contribution < 1.29 is 24.1 Å². The first kappa shape index (κ1) is 16.7. The van der Waals surface area contributed by atoms with E-state index in [4.69, 9.17) is 14.4 Å². The average molecular weight is 309 g/mol. The van der Waals surface area contributed by atoms with Crippen LogP contribution in [0.15, 0.2) is 54.6 Å². The van der Waals surface area contributed by atoms with Crippen LogP contribution in [0, 0.1) is 10.1 Å². The Morgan fingerprint density at radius 1 is 1.00 bits per heavy atom. The molecule has 0 atom stereocenters. The molecule has 2 rings (SSSR count). The molecular formula is C13H12NO6P. The fourth-order valence-electron chi connectivity index (χ4n) is 1.57. The Hall–Kier alpha value is -2.34. The highest BCUT2D eigenvalue weighted by molar-refractivity contribution is 7.30. The molecule has 0 spiro atoms. The molecule has 0 aliphatic carbocycles. The summed E-state index contributed by atoms with van der Waals surface area (Å²) in [5.74, 6) is -0.335. The summed E-state index contributed by atoms with van der Waals surface area (Å²) in [6.45, 7) is 0. The molecule has 2 aromatic carbocycles. The highest BCUT2D eigenvalue weighted by Crippen LogP contribution is 2.20. The molecule has 8 heteroatoms. The first-order valence-corrected chi connectivity index (χ1v) is 6.98. The number of hydrogen-bond acceptors (Lipinski definition) is 4. The number of nitro groups is 1.